The Labute approximate surface area is 129 Å². The zero-order chi connectivity index (χ0) is 15.8. The molecule has 0 aromatic heterocycles. The molecule has 0 saturated heterocycles. The Bertz CT molecular complexity index is 544. The molecule has 0 aliphatic heterocycles. The highest BCUT2D eigenvalue weighted by Gasteiger charge is 2.13. The number of aliphatic carboxylic acids is 1. The Morgan fingerprint density at radius 2 is 2.14 bits per heavy atom. The van der Waals surface area contributed by atoms with Crippen LogP contribution in [0.4, 0.5) is 5.69 Å². The number of nitrogens with zero attached hydrogens (tertiary/aromatic N) is 1. The van der Waals surface area contributed by atoms with Crippen molar-refractivity contribution >= 4 is 35.2 Å². The maximum absolute atomic E-state index is 11.6. The highest BCUT2D eigenvalue weighted by atomic mass is 35.5. The molecule has 0 bridgehead atoms. The van der Waals surface area contributed by atoms with Crippen LogP contribution in [0.1, 0.15) is 18.9 Å². The summed E-state index contributed by atoms with van der Waals surface area (Å²) < 4.78 is 0. The van der Waals surface area contributed by atoms with Crippen molar-refractivity contribution < 1.29 is 14.7 Å². The number of carbonyl (C=O) groups is 2. The zero-order valence-corrected chi connectivity index (χ0v) is 12.9. The van der Waals surface area contributed by atoms with Crippen molar-refractivity contribution in [2.24, 2.45) is 0 Å². The molecule has 0 spiro atoms. The second-order valence-corrected chi connectivity index (χ2v) is 4.88. The van der Waals surface area contributed by atoms with Crippen LogP contribution in [-0.4, -0.2) is 37.1 Å². The number of halogens is 1. The molecular formula is C15H19ClN2O3. The Hall–Kier alpha value is -2.01. The molecule has 6 heteroatoms. The molecular weight excluding hydrogens is 292 g/mol. The summed E-state index contributed by atoms with van der Waals surface area (Å²) in [5.74, 6) is -1.10. The number of hydrogen-bond acceptors (Lipinski definition) is 3. The lowest BCUT2D eigenvalue weighted by atomic mass is 10.1. The number of rotatable bonds is 7. The fraction of sp³-hybridized carbons (Fsp3) is 0.333. The summed E-state index contributed by atoms with van der Waals surface area (Å²) in [6, 6.07) is 5.25. The van der Waals surface area contributed by atoms with Crippen LogP contribution in [0.3, 0.4) is 0 Å². The second kappa shape index (κ2) is 8.32. The number of nitrogens with one attached hydrogen (secondary N) is 1. The molecule has 0 aliphatic rings. The molecule has 0 atom stereocenters. The number of carboxylic acid groups (broad SMARTS) is 1. The largest absolute Gasteiger partial charge is 0.478 e. The van der Waals surface area contributed by atoms with Gasteiger partial charge in [0, 0.05) is 19.7 Å². The molecule has 0 heterocycles. The minimum atomic E-state index is -1.01. The first-order valence-electron chi connectivity index (χ1n) is 6.64. The Morgan fingerprint density at radius 3 is 2.67 bits per heavy atom. The van der Waals surface area contributed by atoms with Gasteiger partial charge in [0.25, 0.3) is 0 Å². The van der Waals surface area contributed by atoms with Gasteiger partial charge in [0.05, 0.1) is 17.3 Å². The summed E-state index contributed by atoms with van der Waals surface area (Å²) in [4.78, 5) is 23.9. The van der Waals surface area contributed by atoms with Gasteiger partial charge in [0.15, 0.2) is 0 Å². The van der Waals surface area contributed by atoms with E-state index in [1.807, 2.05) is 11.8 Å². The predicted octanol–water partition coefficient (Wildman–Crippen LogP) is 2.40. The maximum atomic E-state index is 11.6. The third kappa shape index (κ3) is 5.47. The van der Waals surface area contributed by atoms with Crippen LogP contribution < -0.4 is 10.2 Å². The van der Waals surface area contributed by atoms with Crippen LogP contribution in [0.2, 0.25) is 5.02 Å². The van der Waals surface area contributed by atoms with Gasteiger partial charge < -0.3 is 15.3 Å². The summed E-state index contributed by atoms with van der Waals surface area (Å²) in [6.45, 7) is 2.96. The minimum Gasteiger partial charge on any atom is -0.478 e. The molecule has 1 aromatic carbocycles. The molecule has 1 rings (SSSR count). The van der Waals surface area contributed by atoms with Crippen LogP contribution in [0, 0.1) is 0 Å². The summed E-state index contributed by atoms with van der Waals surface area (Å²) >= 11 is 6.25. The van der Waals surface area contributed by atoms with E-state index < -0.39 is 5.97 Å². The Morgan fingerprint density at radius 1 is 1.43 bits per heavy atom. The molecule has 5 nitrogen and oxygen atoms in total. The van der Waals surface area contributed by atoms with Gasteiger partial charge in [-0.2, -0.15) is 0 Å². The van der Waals surface area contributed by atoms with Crippen molar-refractivity contribution in [2.45, 2.75) is 13.3 Å². The summed E-state index contributed by atoms with van der Waals surface area (Å²) in [6.07, 6.45) is 3.41. The van der Waals surface area contributed by atoms with E-state index in [4.69, 9.17) is 16.7 Å². The molecule has 21 heavy (non-hydrogen) atoms. The summed E-state index contributed by atoms with van der Waals surface area (Å²) in [5.41, 5.74) is 1.46. The summed E-state index contributed by atoms with van der Waals surface area (Å²) in [7, 11) is 1.59. The molecule has 114 valence electrons. The highest BCUT2D eigenvalue weighted by Crippen LogP contribution is 2.27. The van der Waals surface area contributed by atoms with Gasteiger partial charge in [0.2, 0.25) is 5.91 Å². The Kier molecular flexibility index (Phi) is 6.75. The number of carboxylic acids is 1. The van der Waals surface area contributed by atoms with Crippen molar-refractivity contribution in [1.82, 2.24) is 5.32 Å². The molecule has 1 aromatic rings. The van der Waals surface area contributed by atoms with Crippen molar-refractivity contribution in [3.63, 3.8) is 0 Å². The molecule has 2 N–H and O–H groups in total. The lowest BCUT2D eigenvalue weighted by Crippen LogP contribution is -2.36. The van der Waals surface area contributed by atoms with Crippen molar-refractivity contribution in [1.29, 1.82) is 0 Å². The van der Waals surface area contributed by atoms with E-state index >= 15 is 0 Å². The highest BCUT2D eigenvalue weighted by molar-refractivity contribution is 6.33. The first-order valence-corrected chi connectivity index (χ1v) is 7.01. The lowest BCUT2D eigenvalue weighted by molar-refractivity contribution is -0.131. The van der Waals surface area contributed by atoms with E-state index in [0.29, 0.717) is 17.1 Å². The van der Waals surface area contributed by atoms with E-state index in [0.717, 1.165) is 18.2 Å². The number of anilines is 1. The average molecular weight is 311 g/mol. The topological polar surface area (TPSA) is 69.6 Å². The van der Waals surface area contributed by atoms with Crippen molar-refractivity contribution in [3.05, 3.63) is 34.9 Å². The first kappa shape index (κ1) is 17.0. The van der Waals surface area contributed by atoms with Gasteiger partial charge in [-0.25, -0.2) is 4.79 Å². The first-order chi connectivity index (χ1) is 9.97. The third-order valence-electron chi connectivity index (χ3n) is 2.84. The van der Waals surface area contributed by atoms with Crippen LogP contribution in [-0.2, 0) is 9.59 Å². The average Bonchev–Trinajstić information content (AvgIpc) is 2.44. The standard InChI is InChI=1S/C15H19ClN2O3/c1-3-8-18(10-14(19)17-2)13-6-4-11(9-12(13)16)5-7-15(20)21/h4-7,9H,3,8,10H2,1-2H3,(H,17,19)(H,20,21)/b7-5+. The van der Waals surface area contributed by atoms with E-state index in [-0.39, 0.29) is 12.5 Å². The van der Waals surface area contributed by atoms with E-state index in [1.54, 1.807) is 25.2 Å². The van der Waals surface area contributed by atoms with Crippen LogP contribution in [0.15, 0.2) is 24.3 Å². The normalized spacial score (nSPS) is 10.6. The number of amides is 1. The molecule has 1 amide bonds. The number of likely N-dealkylation sites (N-methyl/N-ethyl adjacent to an activating group) is 1. The number of benzene rings is 1. The number of hydrogen-bond donors (Lipinski definition) is 2. The third-order valence-corrected chi connectivity index (χ3v) is 3.14. The van der Waals surface area contributed by atoms with Gasteiger partial charge in [-0.05, 0) is 30.2 Å². The van der Waals surface area contributed by atoms with Crippen LogP contribution in [0.5, 0.6) is 0 Å². The van der Waals surface area contributed by atoms with Crippen molar-refractivity contribution in [2.75, 3.05) is 25.0 Å². The maximum Gasteiger partial charge on any atom is 0.328 e. The minimum absolute atomic E-state index is 0.0885. The fourth-order valence-electron chi connectivity index (χ4n) is 1.86. The van der Waals surface area contributed by atoms with E-state index in [1.165, 1.54) is 6.08 Å². The SMILES string of the molecule is CCCN(CC(=O)NC)c1ccc(/C=C/C(=O)O)cc1Cl. The smallest absolute Gasteiger partial charge is 0.328 e. The number of carbonyl (C=O) groups excluding carboxylic acids is 1. The quantitative estimate of drug-likeness (QED) is 0.759. The second-order valence-electron chi connectivity index (χ2n) is 4.48. The zero-order valence-electron chi connectivity index (χ0n) is 12.1. The Balaban J connectivity index is 2.98. The fourth-order valence-corrected chi connectivity index (χ4v) is 2.17. The van der Waals surface area contributed by atoms with Gasteiger partial charge in [-0.1, -0.05) is 24.6 Å². The lowest BCUT2D eigenvalue weighted by Gasteiger charge is -2.24. The molecule has 0 unspecified atom stereocenters. The van der Waals surface area contributed by atoms with Gasteiger partial charge in [-0.15, -0.1) is 0 Å². The predicted molar refractivity (Wildman–Crippen MR) is 84.7 cm³/mol. The molecule has 0 saturated carbocycles. The van der Waals surface area contributed by atoms with Crippen LogP contribution >= 0.6 is 11.6 Å². The summed E-state index contributed by atoms with van der Waals surface area (Å²) in [5, 5.41) is 11.7. The molecule has 0 aliphatic carbocycles. The van der Waals surface area contributed by atoms with Gasteiger partial charge >= 0.3 is 5.97 Å². The van der Waals surface area contributed by atoms with E-state index in [9.17, 15) is 9.59 Å². The molecule has 0 radical (unpaired) electrons. The van der Waals surface area contributed by atoms with E-state index in [2.05, 4.69) is 5.32 Å². The monoisotopic (exact) mass is 310 g/mol. The molecule has 0 fully saturated rings. The van der Waals surface area contributed by atoms with Crippen LogP contribution in [0.25, 0.3) is 6.08 Å². The van der Waals surface area contributed by atoms with Crippen molar-refractivity contribution in [3.8, 4) is 0 Å². The van der Waals surface area contributed by atoms with Gasteiger partial charge in [-0.3, -0.25) is 4.79 Å². The van der Waals surface area contributed by atoms with Gasteiger partial charge in [0.1, 0.15) is 0 Å².